The van der Waals surface area contributed by atoms with E-state index in [4.69, 9.17) is 9.26 Å². The Morgan fingerprint density at radius 1 is 1.26 bits per heavy atom. The molecule has 2 atom stereocenters. The maximum Gasteiger partial charge on any atom is 0.323 e. The van der Waals surface area contributed by atoms with Gasteiger partial charge in [-0.2, -0.15) is 0 Å². The quantitative estimate of drug-likeness (QED) is 0.643. The summed E-state index contributed by atoms with van der Waals surface area (Å²) in [5, 5.41) is 2.61. The van der Waals surface area contributed by atoms with Gasteiger partial charge < -0.3 is 9.26 Å². The molecule has 106 valence electrons. The van der Waals surface area contributed by atoms with Crippen LogP contribution < -0.4 is 9.61 Å². The number of rotatable bonds is 6. The largest absolute Gasteiger partial charge is 0.462 e. The Morgan fingerprint density at radius 3 is 2.47 bits per heavy atom. The molecule has 0 saturated heterocycles. The predicted molar refractivity (Wildman–Crippen MR) is 74.6 cm³/mol. The van der Waals surface area contributed by atoms with Crippen LogP contribution in [-0.2, 0) is 14.1 Å². The van der Waals surface area contributed by atoms with Gasteiger partial charge in [-0.25, -0.2) is 5.09 Å². The third kappa shape index (κ3) is 5.45. The second-order valence-corrected chi connectivity index (χ2v) is 5.57. The van der Waals surface area contributed by atoms with Crippen molar-refractivity contribution >= 4 is 14.1 Å². The van der Waals surface area contributed by atoms with E-state index in [0.29, 0.717) is 5.75 Å². The second-order valence-electron chi connectivity index (χ2n) is 4.51. The van der Waals surface area contributed by atoms with Gasteiger partial charge in [0.2, 0.25) is 0 Å². The number of aryl methyl sites for hydroxylation is 1. The van der Waals surface area contributed by atoms with Gasteiger partial charge in [0.1, 0.15) is 11.8 Å². The van der Waals surface area contributed by atoms with Gasteiger partial charge >= 0.3 is 14.1 Å². The van der Waals surface area contributed by atoms with Crippen molar-refractivity contribution in [3.63, 3.8) is 0 Å². The number of para-hydroxylation sites is 1. The molecule has 0 heterocycles. The van der Waals surface area contributed by atoms with Crippen molar-refractivity contribution in [3.8, 4) is 5.75 Å². The molecule has 0 spiro atoms. The first-order chi connectivity index (χ1) is 8.90. The highest BCUT2D eigenvalue weighted by molar-refractivity contribution is 7.37. The Bertz CT molecular complexity index is 462. The highest BCUT2D eigenvalue weighted by Crippen LogP contribution is 2.26. The van der Waals surface area contributed by atoms with E-state index in [0.717, 1.165) is 5.56 Å². The van der Waals surface area contributed by atoms with Crippen molar-refractivity contribution in [2.45, 2.75) is 39.8 Å². The van der Waals surface area contributed by atoms with Crippen LogP contribution in [0.5, 0.6) is 5.75 Å². The third-order valence-corrected chi connectivity index (χ3v) is 3.41. The van der Waals surface area contributed by atoms with E-state index < -0.39 is 20.2 Å². The van der Waals surface area contributed by atoms with Gasteiger partial charge in [0.25, 0.3) is 0 Å². The van der Waals surface area contributed by atoms with Gasteiger partial charge in [0.15, 0.2) is 0 Å². The van der Waals surface area contributed by atoms with Gasteiger partial charge in [0, 0.05) is 0 Å². The molecule has 0 saturated carbocycles. The number of carbonyl (C=O) groups excluding carboxylic acids is 1. The van der Waals surface area contributed by atoms with Crippen molar-refractivity contribution in [1.82, 2.24) is 5.09 Å². The lowest BCUT2D eigenvalue weighted by Crippen LogP contribution is -2.33. The SMILES string of the molecule is Cc1ccccc1O[PH](=O)NC(C)C(=O)OC(C)C. The standard InChI is InChI=1S/C13H20NO4P/c1-9(2)17-13(15)11(4)14-19(16)18-12-8-6-5-7-10(12)3/h5-9,11,19H,1-4H3,(H,14,16). The van der Waals surface area contributed by atoms with Crippen LogP contribution in [0, 0.1) is 6.92 Å². The first-order valence-electron chi connectivity index (χ1n) is 6.14. The highest BCUT2D eigenvalue weighted by Gasteiger charge is 2.18. The molecule has 1 aromatic rings. The summed E-state index contributed by atoms with van der Waals surface area (Å²) in [4.78, 5) is 11.5. The van der Waals surface area contributed by atoms with Crippen molar-refractivity contribution in [1.29, 1.82) is 0 Å². The molecule has 0 radical (unpaired) electrons. The minimum Gasteiger partial charge on any atom is -0.462 e. The van der Waals surface area contributed by atoms with Crippen LogP contribution in [0.4, 0.5) is 0 Å². The summed E-state index contributed by atoms with van der Waals surface area (Å²) >= 11 is 0. The number of carbonyl (C=O) groups is 1. The predicted octanol–water partition coefficient (Wildman–Crippen LogP) is 2.69. The van der Waals surface area contributed by atoms with Crippen LogP contribution in [0.2, 0.25) is 0 Å². The lowest BCUT2D eigenvalue weighted by atomic mass is 10.2. The Kier molecular flexibility index (Phi) is 6.06. The molecule has 6 heteroatoms. The van der Waals surface area contributed by atoms with E-state index in [1.165, 1.54) is 0 Å². The Morgan fingerprint density at radius 2 is 1.89 bits per heavy atom. The van der Waals surface area contributed by atoms with Gasteiger partial charge in [-0.3, -0.25) is 9.36 Å². The number of esters is 1. The van der Waals surface area contributed by atoms with Crippen molar-refractivity contribution < 1.29 is 18.6 Å². The Hall–Kier alpha value is -1.32. The minimum absolute atomic E-state index is 0.198. The average molecular weight is 285 g/mol. The number of benzene rings is 1. The monoisotopic (exact) mass is 285 g/mol. The summed E-state index contributed by atoms with van der Waals surface area (Å²) in [5.41, 5.74) is 0.889. The minimum atomic E-state index is -2.54. The van der Waals surface area contributed by atoms with Crippen LogP contribution in [0.3, 0.4) is 0 Å². The van der Waals surface area contributed by atoms with Crippen molar-refractivity contribution in [3.05, 3.63) is 29.8 Å². The van der Waals surface area contributed by atoms with Crippen LogP contribution in [0.25, 0.3) is 0 Å². The molecule has 0 aliphatic rings. The molecule has 0 amide bonds. The molecule has 2 unspecified atom stereocenters. The molecule has 5 nitrogen and oxygen atoms in total. The van der Waals surface area contributed by atoms with Crippen LogP contribution in [0.15, 0.2) is 24.3 Å². The fourth-order valence-electron chi connectivity index (χ4n) is 1.37. The highest BCUT2D eigenvalue weighted by atomic mass is 31.1. The number of ether oxygens (including phenoxy) is 1. The number of nitrogens with one attached hydrogen (secondary N) is 1. The van der Waals surface area contributed by atoms with Gasteiger partial charge in [0.05, 0.1) is 6.10 Å². The lowest BCUT2D eigenvalue weighted by Gasteiger charge is -2.16. The Labute approximate surface area is 114 Å². The second kappa shape index (κ2) is 7.31. The van der Waals surface area contributed by atoms with Gasteiger partial charge in [-0.05, 0) is 39.3 Å². The molecular formula is C13H20NO4P. The smallest absolute Gasteiger partial charge is 0.323 e. The zero-order valence-corrected chi connectivity index (χ0v) is 12.6. The van der Waals surface area contributed by atoms with Crippen LogP contribution >= 0.6 is 8.18 Å². The van der Waals surface area contributed by atoms with E-state index in [1.54, 1.807) is 32.9 Å². The molecule has 0 aromatic heterocycles. The maximum absolute atomic E-state index is 11.8. The molecule has 0 bridgehead atoms. The average Bonchev–Trinajstić information content (AvgIpc) is 2.31. The third-order valence-electron chi connectivity index (χ3n) is 2.34. The molecule has 1 N–H and O–H groups in total. The lowest BCUT2D eigenvalue weighted by molar-refractivity contribution is -0.148. The molecule has 0 fully saturated rings. The van der Waals surface area contributed by atoms with E-state index in [-0.39, 0.29) is 6.10 Å². The molecule has 0 aliphatic carbocycles. The van der Waals surface area contributed by atoms with Crippen molar-refractivity contribution in [2.24, 2.45) is 0 Å². The zero-order chi connectivity index (χ0) is 14.4. The van der Waals surface area contributed by atoms with Gasteiger partial charge in [-0.1, -0.05) is 18.2 Å². The topological polar surface area (TPSA) is 64.6 Å². The van der Waals surface area contributed by atoms with E-state index in [2.05, 4.69) is 5.09 Å². The fourth-order valence-corrected chi connectivity index (χ4v) is 2.33. The van der Waals surface area contributed by atoms with Crippen LogP contribution in [-0.4, -0.2) is 18.1 Å². The zero-order valence-electron chi connectivity index (χ0n) is 11.6. The van der Waals surface area contributed by atoms with Gasteiger partial charge in [-0.15, -0.1) is 0 Å². The molecule has 1 aromatic carbocycles. The molecule has 0 aliphatic heterocycles. The number of hydrogen-bond donors (Lipinski definition) is 1. The molecule has 19 heavy (non-hydrogen) atoms. The normalized spacial score (nSPS) is 13.9. The summed E-state index contributed by atoms with van der Waals surface area (Å²) < 4.78 is 22.1. The van der Waals surface area contributed by atoms with Crippen LogP contribution in [0.1, 0.15) is 26.3 Å². The first-order valence-corrected chi connectivity index (χ1v) is 7.46. The summed E-state index contributed by atoms with van der Waals surface area (Å²) in [5.74, 6) is 0.102. The summed E-state index contributed by atoms with van der Waals surface area (Å²) in [6.45, 7) is 6.98. The van der Waals surface area contributed by atoms with E-state index in [1.807, 2.05) is 19.1 Å². The first kappa shape index (κ1) is 15.7. The summed E-state index contributed by atoms with van der Waals surface area (Å²) in [6.07, 6.45) is -0.198. The van der Waals surface area contributed by atoms with Crippen molar-refractivity contribution in [2.75, 3.05) is 0 Å². The van der Waals surface area contributed by atoms with E-state index >= 15 is 0 Å². The number of hydrogen-bond acceptors (Lipinski definition) is 4. The maximum atomic E-state index is 11.8. The summed E-state index contributed by atoms with van der Waals surface area (Å²) in [7, 11) is -2.54. The Balaban J connectivity index is 2.52. The van der Waals surface area contributed by atoms with E-state index in [9.17, 15) is 9.36 Å². The summed E-state index contributed by atoms with van der Waals surface area (Å²) in [6, 6.07) is 6.60. The fraction of sp³-hybridized carbons (Fsp3) is 0.462. The molecule has 1 rings (SSSR count). The molecular weight excluding hydrogens is 265 g/mol.